The van der Waals surface area contributed by atoms with Gasteiger partial charge < -0.3 is 4.74 Å². The molecule has 0 aliphatic carbocycles. The SMILES string of the molecule is O=C(Nc1c(Cl)cc(F)cc1Cl)Oc1ccccc1. The molecule has 0 bridgehead atoms. The van der Waals surface area contributed by atoms with Gasteiger partial charge in [0.1, 0.15) is 11.6 Å². The summed E-state index contributed by atoms with van der Waals surface area (Å²) in [5.41, 5.74) is 0.102. The number of hydrogen-bond donors (Lipinski definition) is 1. The van der Waals surface area contributed by atoms with E-state index in [1.807, 2.05) is 0 Å². The van der Waals surface area contributed by atoms with E-state index in [1.165, 1.54) is 0 Å². The third-order valence-electron chi connectivity index (χ3n) is 2.19. The summed E-state index contributed by atoms with van der Waals surface area (Å²) in [6.45, 7) is 0. The first-order chi connectivity index (χ1) is 9.06. The van der Waals surface area contributed by atoms with Gasteiger partial charge in [-0.25, -0.2) is 9.18 Å². The van der Waals surface area contributed by atoms with Gasteiger partial charge in [0.15, 0.2) is 0 Å². The van der Waals surface area contributed by atoms with Crippen LogP contribution in [0.15, 0.2) is 42.5 Å². The molecule has 0 spiro atoms. The van der Waals surface area contributed by atoms with Crippen LogP contribution in [-0.4, -0.2) is 6.09 Å². The zero-order chi connectivity index (χ0) is 13.8. The smallest absolute Gasteiger partial charge is 0.410 e. The van der Waals surface area contributed by atoms with Crippen molar-refractivity contribution in [3.8, 4) is 5.75 Å². The zero-order valence-corrected chi connectivity index (χ0v) is 11.0. The average Bonchev–Trinajstić information content (AvgIpc) is 2.35. The highest BCUT2D eigenvalue weighted by Gasteiger charge is 2.13. The first-order valence-electron chi connectivity index (χ1n) is 5.24. The highest BCUT2D eigenvalue weighted by atomic mass is 35.5. The Hall–Kier alpha value is -1.78. The van der Waals surface area contributed by atoms with Gasteiger partial charge in [0.2, 0.25) is 0 Å². The van der Waals surface area contributed by atoms with E-state index in [-0.39, 0.29) is 15.7 Å². The monoisotopic (exact) mass is 299 g/mol. The Bertz CT molecular complexity index is 582. The topological polar surface area (TPSA) is 38.3 Å². The van der Waals surface area contributed by atoms with E-state index in [1.54, 1.807) is 30.3 Å². The summed E-state index contributed by atoms with van der Waals surface area (Å²) in [7, 11) is 0. The van der Waals surface area contributed by atoms with Gasteiger partial charge in [-0.2, -0.15) is 0 Å². The molecule has 98 valence electrons. The van der Waals surface area contributed by atoms with Crippen molar-refractivity contribution < 1.29 is 13.9 Å². The van der Waals surface area contributed by atoms with Gasteiger partial charge in [-0.3, -0.25) is 5.32 Å². The average molecular weight is 300 g/mol. The Morgan fingerprint density at radius 1 is 1.11 bits per heavy atom. The van der Waals surface area contributed by atoms with Crippen LogP contribution in [0.2, 0.25) is 10.0 Å². The number of ether oxygens (including phenoxy) is 1. The van der Waals surface area contributed by atoms with E-state index in [9.17, 15) is 9.18 Å². The maximum atomic E-state index is 13.0. The van der Waals surface area contributed by atoms with Gasteiger partial charge in [-0.1, -0.05) is 41.4 Å². The van der Waals surface area contributed by atoms with Crippen molar-refractivity contribution in [1.82, 2.24) is 0 Å². The number of para-hydroxylation sites is 1. The molecule has 0 aliphatic rings. The maximum absolute atomic E-state index is 13.0. The number of benzene rings is 2. The molecule has 0 heterocycles. The standard InChI is InChI=1S/C13H8Cl2FNO2/c14-10-6-8(16)7-11(15)12(10)17-13(18)19-9-4-2-1-3-5-9/h1-7H,(H,17,18). The lowest BCUT2D eigenvalue weighted by Crippen LogP contribution is -2.17. The summed E-state index contributed by atoms with van der Waals surface area (Å²) < 4.78 is 18.0. The van der Waals surface area contributed by atoms with Crippen molar-refractivity contribution in [2.45, 2.75) is 0 Å². The second-order valence-corrected chi connectivity index (χ2v) is 4.39. The minimum atomic E-state index is -0.762. The number of halogens is 3. The third kappa shape index (κ3) is 3.59. The molecule has 0 fully saturated rings. The van der Waals surface area contributed by atoms with E-state index >= 15 is 0 Å². The van der Waals surface area contributed by atoms with Crippen LogP contribution in [0.5, 0.6) is 5.75 Å². The predicted octanol–water partition coefficient (Wildman–Crippen LogP) is 4.74. The minimum Gasteiger partial charge on any atom is -0.410 e. The molecule has 2 aromatic rings. The minimum absolute atomic E-state index is 0.00462. The third-order valence-corrected chi connectivity index (χ3v) is 2.78. The molecule has 2 aromatic carbocycles. The van der Waals surface area contributed by atoms with E-state index in [2.05, 4.69) is 5.32 Å². The lowest BCUT2D eigenvalue weighted by Gasteiger charge is -2.09. The first kappa shape index (κ1) is 13.6. The van der Waals surface area contributed by atoms with Gasteiger partial charge in [0.25, 0.3) is 0 Å². The normalized spacial score (nSPS) is 10.1. The summed E-state index contributed by atoms with van der Waals surface area (Å²) in [5, 5.41) is 2.35. The molecule has 0 aromatic heterocycles. The Morgan fingerprint density at radius 2 is 1.68 bits per heavy atom. The second kappa shape index (κ2) is 5.91. The van der Waals surface area contributed by atoms with Crippen LogP contribution >= 0.6 is 23.2 Å². The number of anilines is 1. The number of carbonyl (C=O) groups is 1. The van der Waals surface area contributed by atoms with Crippen molar-refractivity contribution in [2.24, 2.45) is 0 Å². The van der Waals surface area contributed by atoms with E-state index < -0.39 is 11.9 Å². The van der Waals surface area contributed by atoms with Crippen molar-refractivity contribution in [2.75, 3.05) is 5.32 Å². The molecular weight excluding hydrogens is 292 g/mol. The first-order valence-corrected chi connectivity index (χ1v) is 6.00. The quantitative estimate of drug-likeness (QED) is 0.869. The lowest BCUT2D eigenvalue weighted by atomic mass is 10.3. The number of amides is 1. The van der Waals surface area contributed by atoms with Gasteiger partial charge >= 0.3 is 6.09 Å². The summed E-state index contributed by atoms with van der Waals surface area (Å²) in [5.74, 6) is -0.216. The van der Waals surface area contributed by atoms with Crippen molar-refractivity contribution in [3.05, 3.63) is 58.3 Å². The molecule has 6 heteroatoms. The highest BCUT2D eigenvalue weighted by molar-refractivity contribution is 6.39. The molecule has 0 saturated carbocycles. The van der Waals surface area contributed by atoms with Crippen LogP contribution < -0.4 is 10.1 Å². The maximum Gasteiger partial charge on any atom is 0.417 e. The molecule has 0 atom stereocenters. The Kier molecular flexibility index (Phi) is 4.24. The van der Waals surface area contributed by atoms with Crippen molar-refractivity contribution >= 4 is 35.0 Å². The van der Waals surface area contributed by atoms with Crippen molar-refractivity contribution in [1.29, 1.82) is 0 Å². The molecular formula is C13H8Cl2FNO2. The van der Waals surface area contributed by atoms with E-state index in [0.29, 0.717) is 5.75 Å². The fourth-order valence-corrected chi connectivity index (χ4v) is 1.94. The molecule has 0 saturated heterocycles. The summed E-state index contributed by atoms with van der Waals surface area (Å²) in [6, 6.07) is 10.6. The Labute approximate surface area is 118 Å². The molecule has 0 radical (unpaired) electrons. The second-order valence-electron chi connectivity index (χ2n) is 3.57. The van der Waals surface area contributed by atoms with Gasteiger partial charge in [-0.15, -0.1) is 0 Å². The molecule has 2 rings (SSSR count). The number of nitrogens with one attached hydrogen (secondary N) is 1. The molecule has 0 unspecified atom stereocenters. The van der Waals surface area contributed by atoms with Crippen LogP contribution in [0, 0.1) is 5.82 Å². The molecule has 1 amide bonds. The largest absolute Gasteiger partial charge is 0.417 e. The van der Waals surface area contributed by atoms with Gasteiger partial charge in [-0.05, 0) is 24.3 Å². The fraction of sp³-hybridized carbons (Fsp3) is 0. The predicted molar refractivity (Wildman–Crippen MR) is 72.5 cm³/mol. The van der Waals surface area contributed by atoms with Crippen LogP contribution in [0.1, 0.15) is 0 Å². The molecule has 0 aliphatic heterocycles. The van der Waals surface area contributed by atoms with E-state index in [0.717, 1.165) is 12.1 Å². The highest BCUT2D eigenvalue weighted by Crippen LogP contribution is 2.31. The lowest BCUT2D eigenvalue weighted by molar-refractivity contribution is 0.215. The van der Waals surface area contributed by atoms with Gasteiger partial charge in [0.05, 0.1) is 15.7 Å². The molecule has 3 nitrogen and oxygen atoms in total. The van der Waals surface area contributed by atoms with Crippen LogP contribution in [-0.2, 0) is 0 Å². The van der Waals surface area contributed by atoms with Crippen LogP contribution in [0.4, 0.5) is 14.9 Å². The Morgan fingerprint density at radius 3 is 2.26 bits per heavy atom. The Balaban J connectivity index is 2.12. The fourth-order valence-electron chi connectivity index (χ4n) is 1.38. The molecule has 1 N–H and O–H groups in total. The van der Waals surface area contributed by atoms with Crippen LogP contribution in [0.25, 0.3) is 0 Å². The van der Waals surface area contributed by atoms with Crippen molar-refractivity contribution in [3.63, 3.8) is 0 Å². The van der Waals surface area contributed by atoms with Gasteiger partial charge in [0, 0.05) is 0 Å². The number of carbonyl (C=O) groups excluding carboxylic acids is 1. The summed E-state index contributed by atoms with van der Waals surface area (Å²) >= 11 is 11.6. The summed E-state index contributed by atoms with van der Waals surface area (Å²) in [6.07, 6.45) is -0.762. The number of rotatable bonds is 2. The number of hydrogen-bond acceptors (Lipinski definition) is 2. The van der Waals surface area contributed by atoms with E-state index in [4.69, 9.17) is 27.9 Å². The molecule has 19 heavy (non-hydrogen) atoms. The summed E-state index contributed by atoms with van der Waals surface area (Å²) in [4.78, 5) is 11.6. The zero-order valence-electron chi connectivity index (χ0n) is 9.49. The van der Waals surface area contributed by atoms with Crippen LogP contribution in [0.3, 0.4) is 0 Å².